The summed E-state index contributed by atoms with van der Waals surface area (Å²) in [5.41, 5.74) is 1.58. The summed E-state index contributed by atoms with van der Waals surface area (Å²) in [5.74, 6) is -0.629. The summed E-state index contributed by atoms with van der Waals surface area (Å²) in [5, 5.41) is 7.66. The number of carbonyl (C=O) groups excluding carboxylic acids is 1. The molecule has 36 heavy (non-hydrogen) atoms. The Bertz CT molecular complexity index is 1520. The van der Waals surface area contributed by atoms with Gasteiger partial charge in [-0.1, -0.05) is 17.7 Å². The number of alkyl halides is 3. The standard InChI is InChI=1S/C23H21F3N6O3S/c1-14-3-9-17(10-4-14)36(34,35)32-12-11-18-19(28-13-23(24,25)26)30-22(31-20(18)32)29-16-7-5-15(6-8-16)21(33)27-2/h3-12H,13H2,1-2H3,(H,27,33)(H2,28,29,30,31). The van der Waals surface area contributed by atoms with E-state index in [4.69, 9.17) is 0 Å². The van der Waals surface area contributed by atoms with Gasteiger partial charge in [0.2, 0.25) is 5.95 Å². The minimum atomic E-state index is -4.53. The highest BCUT2D eigenvalue weighted by atomic mass is 32.2. The number of amides is 1. The van der Waals surface area contributed by atoms with Gasteiger partial charge in [0.15, 0.2) is 5.65 Å². The van der Waals surface area contributed by atoms with Crippen LogP contribution < -0.4 is 16.0 Å². The summed E-state index contributed by atoms with van der Waals surface area (Å²) in [7, 11) is -2.61. The number of aryl methyl sites for hydroxylation is 1. The first-order valence-corrected chi connectivity index (χ1v) is 12.0. The molecule has 13 heteroatoms. The molecule has 0 saturated carbocycles. The van der Waals surface area contributed by atoms with Crippen molar-refractivity contribution in [2.45, 2.75) is 18.0 Å². The Hall–Kier alpha value is -4.13. The molecule has 4 aromatic rings. The SMILES string of the molecule is CNC(=O)c1ccc(Nc2nc(NCC(F)(F)F)c3ccn(S(=O)(=O)c4ccc(C)cc4)c3n2)cc1. The Balaban J connectivity index is 1.79. The molecule has 0 fully saturated rings. The molecule has 0 aliphatic carbocycles. The summed E-state index contributed by atoms with van der Waals surface area (Å²) in [6.45, 7) is 0.432. The number of halogens is 3. The molecule has 2 aromatic heterocycles. The molecule has 2 heterocycles. The molecular weight excluding hydrogens is 497 g/mol. The Labute approximate surface area is 204 Å². The smallest absolute Gasteiger partial charge is 0.360 e. The third-order valence-electron chi connectivity index (χ3n) is 5.18. The lowest BCUT2D eigenvalue weighted by Gasteiger charge is -2.13. The molecule has 188 valence electrons. The Kier molecular flexibility index (Phi) is 6.59. The van der Waals surface area contributed by atoms with Gasteiger partial charge in [-0.05, 0) is 49.4 Å². The number of hydrogen-bond donors (Lipinski definition) is 3. The molecule has 4 rings (SSSR count). The fourth-order valence-corrected chi connectivity index (χ4v) is 4.66. The molecule has 0 radical (unpaired) electrons. The van der Waals surface area contributed by atoms with Crippen LogP contribution in [0.15, 0.2) is 65.7 Å². The van der Waals surface area contributed by atoms with E-state index in [2.05, 4.69) is 25.9 Å². The lowest BCUT2D eigenvalue weighted by atomic mass is 10.2. The molecular formula is C23H21F3N6O3S. The van der Waals surface area contributed by atoms with E-state index in [1.54, 1.807) is 24.3 Å². The third kappa shape index (κ3) is 5.25. The lowest BCUT2D eigenvalue weighted by molar-refractivity contribution is -0.115. The van der Waals surface area contributed by atoms with Crippen LogP contribution in [0.1, 0.15) is 15.9 Å². The molecule has 2 aromatic carbocycles. The maximum atomic E-state index is 13.3. The quantitative estimate of drug-likeness (QED) is 0.338. The van der Waals surface area contributed by atoms with Gasteiger partial charge in [0.25, 0.3) is 15.9 Å². The molecule has 1 amide bonds. The molecule has 0 unspecified atom stereocenters. The Morgan fingerprint density at radius 3 is 2.28 bits per heavy atom. The molecule has 0 spiro atoms. The zero-order chi connectivity index (χ0) is 26.1. The Morgan fingerprint density at radius 1 is 1.00 bits per heavy atom. The molecule has 3 N–H and O–H groups in total. The van der Waals surface area contributed by atoms with E-state index < -0.39 is 22.7 Å². The van der Waals surface area contributed by atoms with Crippen LogP contribution in [0.2, 0.25) is 0 Å². The molecule has 0 atom stereocenters. The number of nitrogens with one attached hydrogen (secondary N) is 3. The van der Waals surface area contributed by atoms with Crippen LogP contribution >= 0.6 is 0 Å². The number of fused-ring (bicyclic) bond motifs is 1. The van der Waals surface area contributed by atoms with Crippen molar-refractivity contribution in [3.05, 3.63) is 71.9 Å². The zero-order valence-electron chi connectivity index (χ0n) is 19.1. The van der Waals surface area contributed by atoms with E-state index in [9.17, 15) is 26.4 Å². The van der Waals surface area contributed by atoms with Gasteiger partial charge in [0.1, 0.15) is 12.4 Å². The summed E-state index contributed by atoms with van der Waals surface area (Å²) < 4.78 is 66.2. The molecule has 9 nitrogen and oxygen atoms in total. The van der Waals surface area contributed by atoms with Crippen molar-refractivity contribution >= 4 is 44.4 Å². The van der Waals surface area contributed by atoms with E-state index in [0.29, 0.717) is 11.3 Å². The van der Waals surface area contributed by atoms with Crippen molar-refractivity contribution in [2.75, 3.05) is 24.2 Å². The Morgan fingerprint density at radius 2 is 1.67 bits per heavy atom. The van der Waals surface area contributed by atoms with E-state index in [1.807, 2.05) is 6.92 Å². The monoisotopic (exact) mass is 518 g/mol. The van der Waals surface area contributed by atoms with Crippen molar-refractivity contribution < 1.29 is 26.4 Å². The van der Waals surface area contributed by atoms with Crippen molar-refractivity contribution in [3.8, 4) is 0 Å². The normalized spacial score (nSPS) is 11.9. The predicted molar refractivity (Wildman–Crippen MR) is 129 cm³/mol. The van der Waals surface area contributed by atoms with Gasteiger partial charge in [0, 0.05) is 24.5 Å². The van der Waals surface area contributed by atoms with E-state index in [-0.39, 0.29) is 33.6 Å². The topological polar surface area (TPSA) is 118 Å². The number of benzene rings is 2. The van der Waals surface area contributed by atoms with Crippen molar-refractivity contribution in [3.63, 3.8) is 0 Å². The van der Waals surface area contributed by atoms with Crippen LogP contribution in [0, 0.1) is 6.92 Å². The fourth-order valence-electron chi connectivity index (χ4n) is 3.36. The second-order valence-corrected chi connectivity index (χ2v) is 9.63. The average molecular weight is 519 g/mol. The van der Waals surface area contributed by atoms with Gasteiger partial charge in [-0.25, -0.2) is 12.4 Å². The number of hydrogen-bond acceptors (Lipinski definition) is 7. The van der Waals surface area contributed by atoms with E-state index >= 15 is 0 Å². The van der Waals surface area contributed by atoms with Crippen LogP contribution in [0.5, 0.6) is 0 Å². The molecule has 0 aliphatic heterocycles. The van der Waals surface area contributed by atoms with E-state index in [0.717, 1.165) is 9.54 Å². The number of anilines is 3. The summed E-state index contributed by atoms with van der Waals surface area (Å²) in [6, 6.07) is 13.7. The highest BCUT2D eigenvalue weighted by molar-refractivity contribution is 7.90. The maximum Gasteiger partial charge on any atom is 0.405 e. The summed E-state index contributed by atoms with van der Waals surface area (Å²) >= 11 is 0. The van der Waals surface area contributed by atoms with Gasteiger partial charge in [-0.2, -0.15) is 23.1 Å². The second-order valence-electron chi connectivity index (χ2n) is 7.81. The summed E-state index contributed by atoms with van der Waals surface area (Å²) in [6.07, 6.45) is -3.31. The van der Waals surface area contributed by atoms with Gasteiger partial charge in [-0.3, -0.25) is 4.79 Å². The lowest BCUT2D eigenvalue weighted by Crippen LogP contribution is -2.22. The van der Waals surface area contributed by atoms with Gasteiger partial charge < -0.3 is 16.0 Å². The first-order chi connectivity index (χ1) is 17.0. The van der Waals surface area contributed by atoms with Crippen molar-refractivity contribution in [2.24, 2.45) is 0 Å². The second kappa shape index (κ2) is 9.49. The largest absolute Gasteiger partial charge is 0.405 e. The van der Waals surface area contributed by atoms with Crippen molar-refractivity contribution in [1.82, 2.24) is 19.3 Å². The van der Waals surface area contributed by atoms with Crippen LogP contribution in [0.3, 0.4) is 0 Å². The first kappa shape index (κ1) is 25.0. The molecule has 0 aliphatic rings. The van der Waals surface area contributed by atoms with Gasteiger partial charge >= 0.3 is 6.18 Å². The van der Waals surface area contributed by atoms with Crippen LogP contribution in [0.4, 0.5) is 30.6 Å². The van der Waals surface area contributed by atoms with Crippen LogP contribution in [-0.2, 0) is 10.0 Å². The minimum Gasteiger partial charge on any atom is -0.360 e. The van der Waals surface area contributed by atoms with Crippen LogP contribution in [-0.4, -0.2) is 48.0 Å². The van der Waals surface area contributed by atoms with Crippen LogP contribution in [0.25, 0.3) is 11.0 Å². The number of carbonyl (C=O) groups is 1. The number of aromatic nitrogens is 3. The highest BCUT2D eigenvalue weighted by Gasteiger charge is 2.28. The zero-order valence-corrected chi connectivity index (χ0v) is 19.9. The van der Waals surface area contributed by atoms with Crippen molar-refractivity contribution in [1.29, 1.82) is 0 Å². The molecule has 0 bridgehead atoms. The fraction of sp³-hybridized carbons (Fsp3) is 0.174. The minimum absolute atomic E-state index is 0.00619. The third-order valence-corrected chi connectivity index (χ3v) is 6.86. The summed E-state index contributed by atoms with van der Waals surface area (Å²) in [4.78, 5) is 20.2. The number of nitrogens with zero attached hydrogens (tertiary/aromatic N) is 3. The molecule has 0 saturated heterocycles. The van der Waals surface area contributed by atoms with Gasteiger partial charge in [-0.15, -0.1) is 0 Å². The maximum absolute atomic E-state index is 13.3. The highest BCUT2D eigenvalue weighted by Crippen LogP contribution is 2.29. The number of rotatable bonds is 7. The van der Waals surface area contributed by atoms with E-state index in [1.165, 1.54) is 43.6 Å². The average Bonchev–Trinajstić information content (AvgIpc) is 3.27. The predicted octanol–water partition coefficient (Wildman–Crippen LogP) is 4.05. The van der Waals surface area contributed by atoms with Gasteiger partial charge in [0.05, 0.1) is 10.3 Å². The first-order valence-electron chi connectivity index (χ1n) is 10.6.